The standard InChI is InChI=1S/C36H22N6/c1-3-9-23(10-4-1)33-37-21-39-35(41-33)25-15-17-29-30-18-16-26(20-32(30)28-14-8-7-13-27(28)31(29)19-25)36-40-22-38-34(42-36)24-11-5-2-6-12-24/h1-22H. The minimum Gasteiger partial charge on any atom is -0.217 e. The van der Waals surface area contributed by atoms with Gasteiger partial charge in [0, 0.05) is 22.3 Å². The molecule has 2 heterocycles. The molecule has 0 aliphatic rings. The van der Waals surface area contributed by atoms with E-state index >= 15 is 0 Å². The van der Waals surface area contributed by atoms with Gasteiger partial charge in [-0.3, -0.25) is 0 Å². The van der Waals surface area contributed by atoms with Crippen LogP contribution in [0.5, 0.6) is 0 Å². The number of benzene rings is 6. The summed E-state index contributed by atoms with van der Waals surface area (Å²) >= 11 is 0. The lowest BCUT2D eigenvalue weighted by Crippen LogP contribution is -1.96. The first kappa shape index (κ1) is 24.0. The smallest absolute Gasteiger partial charge is 0.163 e. The fraction of sp³-hybridized carbons (Fsp3) is 0. The van der Waals surface area contributed by atoms with Crippen molar-refractivity contribution in [3.8, 4) is 45.6 Å². The van der Waals surface area contributed by atoms with E-state index < -0.39 is 0 Å². The van der Waals surface area contributed by atoms with Gasteiger partial charge >= 0.3 is 0 Å². The SMILES string of the molecule is c1ccc(-c2ncnc(-c3ccc4c5ccc(-c6ncnc(-c7ccccc7)n6)cc5c5ccccc5c4c3)n2)cc1. The van der Waals surface area contributed by atoms with Gasteiger partial charge in [0.15, 0.2) is 23.3 Å². The molecule has 6 nitrogen and oxygen atoms in total. The summed E-state index contributed by atoms with van der Waals surface area (Å²) < 4.78 is 0. The van der Waals surface area contributed by atoms with E-state index in [4.69, 9.17) is 9.97 Å². The highest BCUT2D eigenvalue weighted by atomic mass is 15.0. The van der Waals surface area contributed by atoms with Crippen molar-refractivity contribution in [1.29, 1.82) is 0 Å². The third-order valence-corrected chi connectivity index (χ3v) is 7.56. The average Bonchev–Trinajstić information content (AvgIpc) is 3.09. The van der Waals surface area contributed by atoms with Crippen LogP contribution < -0.4 is 0 Å². The monoisotopic (exact) mass is 538 g/mol. The Balaban J connectivity index is 1.28. The van der Waals surface area contributed by atoms with Crippen molar-refractivity contribution < 1.29 is 0 Å². The van der Waals surface area contributed by atoms with Crippen LogP contribution in [-0.2, 0) is 0 Å². The molecule has 0 bridgehead atoms. The van der Waals surface area contributed by atoms with Crippen LogP contribution in [0.15, 0.2) is 134 Å². The van der Waals surface area contributed by atoms with Gasteiger partial charge in [-0.1, -0.05) is 109 Å². The van der Waals surface area contributed by atoms with Gasteiger partial charge in [0.2, 0.25) is 0 Å². The number of hydrogen-bond acceptors (Lipinski definition) is 6. The molecule has 6 heteroatoms. The molecule has 2 aromatic heterocycles. The Bertz CT molecular complexity index is 2070. The van der Waals surface area contributed by atoms with Gasteiger partial charge in [0.05, 0.1) is 0 Å². The lowest BCUT2D eigenvalue weighted by Gasteiger charge is -2.13. The Hall–Kier alpha value is -5.88. The average molecular weight is 539 g/mol. The molecule has 196 valence electrons. The molecular formula is C36H22N6. The highest BCUT2D eigenvalue weighted by Crippen LogP contribution is 2.38. The van der Waals surface area contributed by atoms with Crippen LogP contribution in [-0.4, -0.2) is 29.9 Å². The first-order valence-electron chi connectivity index (χ1n) is 13.7. The van der Waals surface area contributed by atoms with Crippen LogP contribution in [0.3, 0.4) is 0 Å². The van der Waals surface area contributed by atoms with Gasteiger partial charge in [-0.2, -0.15) is 0 Å². The fourth-order valence-electron chi connectivity index (χ4n) is 5.56. The maximum absolute atomic E-state index is 4.80. The predicted octanol–water partition coefficient (Wildman–Crippen LogP) is 8.18. The minimum absolute atomic E-state index is 0.648. The van der Waals surface area contributed by atoms with Crippen LogP contribution >= 0.6 is 0 Å². The maximum atomic E-state index is 4.80. The second kappa shape index (κ2) is 9.94. The summed E-state index contributed by atoms with van der Waals surface area (Å²) in [5.41, 5.74) is 3.81. The number of nitrogens with zero attached hydrogens (tertiary/aromatic N) is 6. The van der Waals surface area contributed by atoms with Crippen molar-refractivity contribution in [1.82, 2.24) is 29.9 Å². The van der Waals surface area contributed by atoms with Crippen LogP contribution in [0.1, 0.15) is 0 Å². The molecule has 6 aromatic carbocycles. The Morgan fingerprint density at radius 3 is 1.07 bits per heavy atom. The van der Waals surface area contributed by atoms with E-state index in [-0.39, 0.29) is 0 Å². The fourth-order valence-corrected chi connectivity index (χ4v) is 5.56. The maximum Gasteiger partial charge on any atom is 0.163 e. The summed E-state index contributed by atoms with van der Waals surface area (Å²) in [6.45, 7) is 0. The molecule has 42 heavy (non-hydrogen) atoms. The van der Waals surface area contributed by atoms with Gasteiger partial charge in [0.25, 0.3) is 0 Å². The first-order chi connectivity index (χ1) is 20.8. The molecule has 0 radical (unpaired) electrons. The Labute approximate surface area is 241 Å². The molecule has 8 aromatic rings. The van der Waals surface area contributed by atoms with Gasteiger partial charge in [-0.25, -0.2) is 29.9 Å². The van der Waals surface area contributed by atoms with Gasteiger partial charge in [0.1, 0.15) is 12.7 Å². The lowest BCUT2D eigenvalue weighted by molar-refractivity contribution is 1.07. The molecule has 0 N–H and O–H groups in total. The first-order valence-corrected chi connectivity index (χ1v) is 13.7. The zero-order valence-electron chi connectivity index (χ0n) is 22.4. The zero-order valence-corrected chi connectivity index (χ0v) is 22.4. The summed E-state index contributed by atoms with van der Waals surface area (Å²) in [6, 6.07) is 41.3. The van der Waals surface area contributed by atoms with Crippen molar-refractivity contribution in [2.75, 3.05) is 0 Å². The van der Waals surface area contributed by atoms with Crippen LogP contribution in [0, 0.1) is 0 Å². The van der Waals surface area contributed by atoms with Crippen molar-refractivity contribution in [2.24, 2.45) is 0 Å². The molecule has 0 spiro atoms. The van der Waals surface area contributed by atoms with Crippen LogP contribution in [0.25, 0.3) is 77.9 Å². The van der Waals surface area contributed by atoms with Crippen molar-refractivity contribution in [2.45, 2.75) is 0 Å². The van der Waals surface area contributed by atoms with E-state index in [9.17, 15) is 0 Å². The summed E-state index contributed by atoms with van der Waals surface area (Å²) in [7, 11) is 0. The third kappa shape index (κ3) is 4.14. The van der Waals surface area contributed by atoms with E-state index in [1.165, 1.54) is 0 Å². The highest BCUT2D eigenvalue weighted by molar-refractivity contribution is 6.26. The summed E-state index contributed by atoms with van der Waals surface area (Å²) in [5, 5.41) is 6.95. The van der Waals surface area contributed by atoms with E-state index in [0.29, 0.717) is 23.3 Å². The molecule has 0 fully saturated rings. The second-order valence-electron chi connectivity index (χ2n) is 10.1. The molecule has 0 saturated heterocycles. The molecule has 0 unspecified atom stereocenters. The minimum atomic E-state index is 0.648. The number of aromatic nitrogens is 6. The van der Waals surface area contributed by atoms with Gasteiger partial charge in [-0.15, -0.1) is 0 Å². The van der Waals surface area contributed by atoms with E-state index in [2.05, 4.69) is 80.6 Å². The van der Waals surface area contributed by atoms with Gasteiger partial charge < -0.3 is 0 Å². The molecule has 0 aliphatic carbocycles. The summed E-state index contributed by atoms with van der Waals surface area (Å²) in [4.78, 5) is 27.4. The predicted molar refractivity (Wildman–Crippen MR) is 167 cm³/mol. The van der Waals surface area contributed by atoms with E-state index in [0.717, 1.165) is 54.6 Å². The van der Waals surface area contributed by atoms with Gasteiger partial charge in [-0.05, 0) is 44.5 Å². The number of rotatable bonds is 4. The number of fused-ring (bicyclic) bond motifs is 6. The van der Waals surface area contributed by atoms with Crippen molar-refractivity contribution >= 4 is 32.3 Å². The van der Waals surface area contributed by atoms with E-state index in [1.54, 1.807) is 12.7 Å². The lowest BCUT2D eigenvalue weighted by atomic mass is 9.92. The molecular weight excluding hydrogens is 516 g/mol. The largest absolute Gasteiger partial charge is 0.217 e. The van der Waals surface area contributed by atoms with Crippen molar-refractivity contribution in [3.05, 3.63) is 134 Å². The van der Waals surface area contributed by atoms with Crippen LogP contribution in [0.2, 0.25) is 0 Å². The molecule has 0 saturated carbocycles. The molecule has 0 aliphatic heterocycles. The Kier molecular flexibility index (Phi) is 5.67. The normalized spacial score (nSPS) is 11.3. The summed E-state index contributed by atoms with van der Waals surface area (Å²) in [5.74, 6) is 2.61. The van der Waals surface area contributed by atoms with Crippen molar-refractivity contribution in [3.63, 3.8) is 0 Å². The molecule has 0 atom stereocenters. The topological polar surface area (TPSA) is 77.3 Å². The van der Waals surface area contributed by atoms with Crippen LogP contribution in [0.4, 0.5) is 0 Å². The second-order valence-corrected chi connectivity index (χ2v) is 10.1. The zero-order chi connectivity index (χ0) is 27.9. The van der Waals surface area contributed by atoms with E-state index in [1.807, 2.05) is 60.7 Å². The molecule has 8 rings (SSSR count). The Morgan fingerprint density at radius 2 is 0.643 bits per heavy atom. The highest BCUT2D eigenvalue weighted by Gasteiger charge is 2.14. The Morgan fingerprint density at radius 1 is 0.286 bits per heavy atom. The third-order valence-electron chi connectivity index (χ3n) is 7.56. The molecule has 0 amide bonds. The number of hydrogen-bond donors (Lipinski definition) is 0. The quantitative estimate of drug-likeness (QED) is 0.210. The summed E-state index contributed by atoms with van der Waals surface area (Å²) in [6.07, 6.45) is 3.17.